The molecule has 3 nitrogen and oxygen atoms in total. The van der Waals surface area contributed by atoms with E-state index in [0.717, 1.165) is 16.5 Å². The minimum absolute atomic E-state index is 0.0421. The summed E-state index contributed by atoms with van der Waals surface area (Å²) in [6.07, 6.45) is 0.784. The summed E-state index contributed by atoms with van der Waals surface area (Å²) < 4.78 is 18.6. The van der Waals surface area contributed by atoms with Crippen LogP contribution in [0.15, 0.2) is 16.6 Å². The lowest BCUT2D eigenvalue weighted by Crippen LogP contribution is -2.36. The number of methoxy groups -OCH3 is 1. The molecule has 1 fully saturated rings. The fourth-order valence-electron chi connectivity index (χ4n) is 2.80. The Hall–Kier alpha value is -0.450. The fourth-order valence-corrected chi connectivity index (χ4v) is 3.54. The summed E-state index contributed by atoms with van der Waals surface area (Å²) in [5.74, 6) is 1.81. The van der Waals surface area contributed by atoms with E-state index in [1.165, 1.54) is 0 Å². The zero-order valence-corrected chi connectivity index (χ0v) is 15.5. The number of hydrogen-bond acceptors (Lipinski definition) is 3. The normalized spacial score (nSPS) is 23.1. The molecule has 0 bridgehead atoms. The van der Waals surface area contributed by atoms with Crippen LogP contribution < -0.4 is 9.47 Å². The largest absolute Gasteiger partial charge is 0.493 e. The van der Waals surface area contributed by atoms with Crippen molar-refractivity contribution in [2.24, 2.45) is 0 Å². The predicted molar refractivity (Wildman–Crippen MR) is 88.5 cm³/mol. The summed E-state index contributed by atoms with van der Waals surface area (Å²) in [6, 6.07) is 3.86. The van der Waals surface area contributed by atoms with Gasteiger partial charge in [0, 0.05) is 12.3 Å². The first-order valence-electron chi connectivity index (χ1n) is 6.98. The van der Waals surface area contributed by atoms with Crippen molar-refractivity contribution < 1.29 is 14.2 Å². The first-order chi connectivity index (χ1) is 9.68. The number of halogens is 2. The van der Waals surface area contributed by atoms with E-state index in [-0.39, 0.29) is 17.3 Å². The Morgan fingerprint density at radius 1 is 1.33 bits per heavy atom. The highest BCUT2D eigenvalue weighted by atomic mass is 79.9. The van der Waals surface area contributed by atoms with Gasteiger partial charge in [-0.05, 0) is 61.3 Å². The lowest BCUT2D eigenvalue weighted by molar-refractivity contribution is -0.0848. The smallest absolute Gasteiger partial charge is 0.175 e. The molecule has 1 heterocycles. The summed E-state index contributed by atoms with van der Waals surface area (Å²) in [5.41, 5.74) is 0.443. The predicted octanol–water partition coefficient (Wildman–Crippen LogP) is 4.92. The van der Waals surface area contributed by atoms with Gasteiger partial charge in [0.1, 0.15) is 11.7 Å². The third-order valence-electron chi connectivity index (χ3n) is 3.70. The Balaban J connectivity index is 2.31. The molecule has 0 saturated carbocycles. The maximum absolute atomic E-state index is 6.24. The van der Waals surface area contributed by atoms with Crippen molar-refractivity contribution in [3.8, 4) is 11.5 Å². The molecule has 0 amide bonds. The Kier molecular flexibility index (Phi) is 4.81. The lowest BCUT2D eigenvalue weighted by atomic mass is 9.97. The van der Waals surface area contributed by atoms with Crippen molar-refractivity contribution in [3.05, 3.63) is 22.2 Å². The van der Waals surface area contributed by atoms with Crippen LogP contribution in [0.25, 0.3) is 0 Å². The number of ether oxygens (including phenoxy) is 3. The van der Waals surface area contributed by atoms with Crippen molar-refractivity contribution in [2.75, 3.05) is 7.11 Å². The molecule has 118 valence electrons. The number of alkyl halides is 1. The van der Waals surface area contributed by atoms with Crippen LogP contribution in [-0.4, -0.2) is 24.4 Å². The second-order valence-electron chi connectivity index (χ2n) is 6.52. The van der Waals surface area contributed by atoms with E-state index in [2.05, 4.69) is 43.6 Å². The van der Waals surface area contributed by atoms with Crippen molar-refractivity contribution >= 4 is 27.5 Å². The van der Waals surface area contributed by atoms with E-state index in [9.17, 15) is 0 Å². The minimum atomic E-state index is -0.348. The second kappa shape index (κ2) is 5.98. The van der Waals surface area contributed by atoms with Gasteiger partial charge in [-0.2, -0.15) is 0 Å². The Bertz CT molecular complexity index is 528. The maximum Gasteiger partial charge on any atom is 0.175 e. The van der Waals surface area contributed by atoms with Crippen molar-refractivity contribution in [1.82, 2.24) is 0 Å². The van der Waals surface area contributed by atoms with Crippen LogP contribution in [0.5, 0.6) is 11.5 Å². The molecule has 1 aromatic carbocycles. The average molecular weight is 378 g/mol. The van der Waals surface area contributed by atoms with Gasteiger partial charge < -0.3 is 14.2 Å². The van der Waals surface area contributed by atoms with E-state index >= 15 is 0 Å². The number of hydrogen-bond donors (Lipinski definition) is 0. The van der Waals surface area contributed by atoms with Gasteiger partial charge in [-0.1, -0.05) is 0 Å². The van der Waals surface area contributed by atoms with E-state index in [0.29, 0.717) is 17.4 Å². The van der Waals surface area contributed by atoms with Crippen LogP contribution in [0, 0.1) is 0 Å². The standard InChI is InChI=1S/C16H22BrClO3/c1-15(2)8-13(16(3,4)21-15)20-14-11(17)6-10(9-18)7-12(14)19-5/h6-7,13H,8-9H2,1-5H3. The van der Waals surface area contributed by atoms with Gasteiger partial charge in [-0.3, -0.25) is 0 Å². The van der Waals surface area contributed by atoms with Crippen molar-refractivity contribution in [2.45, 2.75) is 57.3 Å². The quantitative estimate of drug-likeness (QED) is 0.697. The summed E-state index contributed by atoms with van der Waals surface area (Å²) >= 11 is 9.44. The van der Waals surface area contributed by atoms with Crippen LogP contribution in [-0.2, 0) is 10.6 Å². The summed E-state index contributed by atoms with van der Waals surface area (Å²) in [7, 11) is 1.63. The van der Waals surface area contributed by atoms with E-state index in [1.54, 1.807) is 7.11 Å². The van der Waals surface area contributed by atoms with Gasteiger partial charge in [0.15, 0.2) is 11.5 Å². The maximum atomic E-state index is 6.24. The second-order valence-corrected chi connectivity index (χ2v) is 7.64. The molecule has 0 radical (unpaired) electrons. The molecule has 0 N–H and O–H groups in total. The molecular formula is C16H22BrClO3. The van der Waals surface area contributed by atoms with Crippen LogP contribution in [0.4, 0.5) is 0 Å². The number of benzene rings is 1. The third kappa shape index (κ3) is 3.66. The van der Waals surface area contributed by atoms with E-state index < -0.39 is 0 Å². The van der Waals surface area contributed by atoms with Crippen molar-refractivity contribution in [3.63, 3.8) is 0 Å². The molecule has 1 saturated heterocycles. The molecular weight excluding hydrogens is 356 g/mol. The van der Waals surface area contributed by atoms with Crippen LogP contribution >= 0.6 is 27.5 Å². The molecule has 21 heavy (non-hydrogen) atoms. The molecule has 0 aromatic heterocycles. The molecule has 1 aliphatic heterocycles. The van der Waals surface area contributed by atoms with Gasteiger partial charge in [0.25, 0.3) is 0 Å². The molecule has 2 rings (SSSR count). The highest BCUT2D eigenvalue weighted by Crippen LogP contribution is 2.44. The fraction of sp³-hybridized carbons (Fsp3) is 0.625. The lowest BCUT2D eigenvalue weighted by Gasteiger charge is -2.28. The third-order valence-corrected chi connectivity index (χ3v) is 4.59. The molecule has 1 atom stereocenters. The Morgan fingerprint density at radius 3 is 2.48 bits per heavy atom. The molecule has 0 aliphatic carbocycles. The van der Waals surface area contributed by atoms with Crippen LogP contribution in [0.2, 0.25) is 0 Å². The molecule has 1 unspecified atom stereocenters. The Morgan fingerprint density at radius 2 is 2.00 bits per heavy atom. The van der Waals surface area contributed by atoms with E-state index in [1.807, 2.05) is 12.1 Å². The van der Waals surface area contributed by atoms with Gasteiger partial charge in [-0.25, -0.2) is 0 Å². The first kappa shape index (κ1) is 16.9. The SMILES string of the molecule is COc1cc(CCl)cc(Br)c1OC1CC(C)(C)OC1(C)C. The monoisotopic (exact) mass is 376 g/mol. The van der Waals surface area contributed by atoms with Gasteiger partial charge in [0.05, 0.1) is 17.2 Å². The molecule has 0 spiro atoms. The average Bonchev–Trinajstić information content (AvgIpc) is 2.59. The first-order valence-corrected chi connectivity index (χ1v) is 8.30. The van der Waals surface area contributed by atoms with Gasteiger partial charge in [0.2, 0.25) is 0 Å². The number of rotatable bonds is 4. The zero-order chi connectivity index (χ0) is 15.8. The van der Waals surface area contributed by atoms with Crippen LogP contribution in [0.1, 0.15) is 39.7 Å². The highest BCUT2D eigenvalue weighted by molar-refractivity contribution is 9.10. The summed E-state index contributed by atoms with van der Waals surface area (Å²) in [5, 5.41) is 0. The Labute approximate surface area is 140 Å². The zero-order valence-electron chi connectivity index (χ0n) is 13.1. The van der Waals surface area contributed by atoms with Gasteiger partial charge >= 0.3 is 0 Å². The minimum Gasteiger partial charge on any atom is -0.493 e. The molecule has 5 heteroatoms. The molecule has 1 aromatic rings. The van der Waals surface area contributed by atoms with Crippen LogP contribution in [0.3, 0.4) is 0 Å². The summed E-state index contributed by atoms with van der Waals surface area (Å²) in [6.45, 7) is 8.28. The highest BCUT2D eigenvalue weighted by Gasteiger charge is 2.47. The summed E-state index contributed by atoms with van der Waals surface area (Å²) in [4.78, 5) is 0. The van der Waals surface area contributed by atoms with Gasteiger partial charge in [-0.15, -0.1) is 11.6 Å². The van der Waals surface area contributed by atoms with Crippen molar-refractivity contribution in [1.29, 1.82) is 0 Å². The van der Waals surface area contributed by atoms with E-state index in [4.69, 9.17) is 25.8 Å². The molecule has 1 aliphatic rings. The topological polar surface area (TPSA) is 27.7 Å².